The lowest BCUT2D eigenvalue weighted by atomic mass is 10.0. The van der Waals surface area contributed by atoms with E-state index in [-0.39, 0.29) is 0 Å². The van der Waals surface area contributed by atoms with E-state index in [0.29, 0.717) is 11.1 Å². The molecule has 0 spiro atoms. The van der Waals surface area contributed by atoms with E-state index in [1.165, 1.54) is 30.9 Å². The lowest BCUT2D eigenvalue weighted by Gasteiger charge is -2.16. The Morgan fingerprint density at radius 1 is 1.00 bits per heavy atom. The smallest absolute Gasteiger partial charge is 0.126 e. The molecule has 6 heteroatoms. The zero-order valence-electron chi connectivity index (χ0n) is 8.77. The Labute approximate surface area is 96.5 Å². The number of benzene rings is 1. The van der Waals surface area contributed by atoms with Crippen LogP contribution in [0.1, 0.15) is 17.2 Å². The van der Waals surface area contributed by atoms with E-state index >= 15 is 0 Å². The summed E-state index contributed by atoms with van der Waals surface area (Å²) in [5.41, 5.74) is 3.48. The van der Waals surface area contributed by atoms with E-state index in [1.54, 1.807) is 0 Å². The topological polar surface area (TPSA) is 63.8 Å². The molecule has 0 bridgehead atoms. The molecule has 0 aliphatic rings. The van der Waals surface area contributed by atoms with Gasteiger partial charge in [0.2, 0.25) is 0 Å². The van der Waals surface area contributed by atoms with Crippen LogP contribution >= 0.6 is 0 Å². The summed E-state index contributed by atoms with van der Waals surface area (Å²) in [6.07, 6.45) is 4.42. The maximum absolute atomic E-state index is 13.1. The number of hydrogen-bond donors (Lipinski definition) is 2. The molecule has 0 amide bonds. The number of aromatic nitrogens is 2. The summed E-state index contributed by atoms with van der Waals surface area (Å²) in [6, 6.07) is 2.67. The second kappa shape index (κ2) is 4.94. The molecule has 0 radical (unpaired) electrons. The maximum Gasteiger partial charge on any atom is 0.126 e. The SMILES string of the molecule is NNC(c1cncnc1)c1cc(F)cc(F)c1. The third-order valence-electron chi connectivity index (χ3n) is 2.30. The van der Waals surface area contributed by atoms with Gasteiger partial charge in [0.15, 0.2) is 0 Å². The van der Waals surface area contributed by atoms with Crippen LogP contribution in [0, 0.1) is 11.6 Å². The Hall–Kier alpha value is -1.92. The van der Waals surface area contributed by atoms with E-state index in [9.17, 15) is 8.78 Å². The van der Waals surface area contributed by atoms with Crippen molar-refractivity contribution in [1.29, 1.82) is 0 Å². The van der Waals surface area contributed by atoms with E-state index in [1.807, 2.05) is 0 Å². The van der Waals surface area contributed by atoms with Crippen LogP contribution in [0.2, 0.25) is 0 Å². The molecule has 88 valence electrons. The van der Waals surface area contributed by atoms with Gasteiger partial charge < -0.3 is 0 Å². The number of rotatable bonds is 3. The van der Waals surface area contributed by atoms with Gasteiger partial charge in [0.05, 0.1) is 6.04 Å². The minimum atomic E-state index is -0.655. The molecule has 0 aliphatic carbocycles. The number of hydrogen-bond acceptors (Lipinski definition) is 4. The van der Waals surface area contributed by atoms with Gasteiger partial charge in [-0.3, -0.25) is 5.84 Å². The first-order valence-corrected chi connectivity index (χ1v) is 4.87. The van der Waals surface area contributed by atoms with Gasteiger partial charge in [-0.05, 0) is 17.7 Å². The molecule has 0 fully saturated rings. The van der Waals surface area contributed by atoms with Crippen LogP contribution in [-0.2, 0) is 0 Å². The fourth-order valence-electron chi connectivity index (χ4n) is 1.59. The molecule has 1 atom stereocenters. The Kier molecular flexibility index (Phi) is 3.36. The van der Waals surface area contributed by atoms with Gasteiger partial charge in [0.25, 0.3) is 0 Å². The number of hydrazine groups is 1. The largest absolute Gasteiger partial charge is 0.271 e. The summed E-state index contributed by atoms with van der Waals surface area (Å²) in [4.78, 5) is 7.66. The van der Waals surface area contributed by atoms with Crippen molar-refractivity contribution in [1.82, 2.24) is 15.4 Å². The van der Waals surface area contributed by atoms with Crippen LogP contribution in [0.3, 0.4) is 0 Å². The van der Waals surface area contributed by atoms with Crippen LogP contribution in [0.25, 0.3) is 0 Å². The van der Waals surface area contributed by atoms with E-state index in [4.69, 9.17) is 5.84 Å². The second-order valence-electron chi connectivity index (χ2n) is 3.47. The fourth-order valence-corrected chi connectivity index (χ4v) is 1.59. The van der Waals surface area contributed by atoms with Gasteiger partial charge in [0, 0.05) is 24.0 Å². The molecule has 3 N–H and O–H groups in total. The van der Waals surface area contributed by atoms with E-state index in [0.717, 1.165) is 6.07 Å². The summed E-state index contributed by atoms with van der Waals surface area (Å²) in [7, 11) is 0. The van der Waals surface area contributed by atoms with Crippen molar-refractivity contribution in [2.24, 2.45) is 5.84 Å². The highest BCUT2D eigenvalue weighted by atomic mass is 19.1. The number of nitrogens with zero attached hydrogens (tertiary/aromatic N) is 2. The zero-order valence-corrected chi connectivity index (χ0v) is 8.77. The highest BCUT2D eigenvalue weighted by Gasteiger charge is 2.14. The van der Waals surface area contributed by atoms with Crippen molar-refractivity contribution in [3.8, 4) is 0 Å². The minimum absolute atomic E-state index is 0.375. The molecule has 0 aliphatic heterocycles. The molecule has 17 heavy (non-hydrogen) atoms. The van der Waals surface area contributed by atoms with E-state index in [2.05, 4.69) is 15.4 Å². The van der Waals surface area contributed by atoms with Gasteiger partial charge in [-0.25, -0.2) is 24.2 Å². The first-order valence-electron chi connectivity index (χ1n) is 4.87. The first kappa shape index (κ1) is 11.6. The molecule has 2 rings (SSSR count). The Balaban J connectivity index is 2.42. The molecule has 4 nitrogen and oxygen atoms in total. The van der Waals surface area contributed by atoms with Crippen molar-refractivity contribution < 1.29 is 8.78 Å². The van der Waals surface area contributed by atoms with Crippen LogP contribution in [0.5, 0.6) is 0 Å². The van der Waals surface area contributed by atoms with Crippen molar-refractivity contribution in [2.45, 2.75) is 6.04 Å². The molecular weight excluding hydrogens is 226 g/mol. The van der Waals surface area contributed by atoms with Gasteiger partial charge in [-0.15, -0.1) is 0 Å². The molecule has 1 aromatic carbocycles. The summed E-state index contributed by atoms with van der Waals surface area (Å²) < 4.78 is 26.2. The quantitative estimate of drug-likeness (QED) is 0.623. The van der Waals surface area contributed by atoms with Crippen LogP contribution in [-0.4, -0.2) is 9.97 Å². The standard InChI is InChI=1S/C11H10F2N4/c12-9-1-7(2-10(13)3-9)11(17-14)8-4-15-6-16-5-8/h1-6,11,17H,14H2. The highest BCUT2D eigenvalue weighted by molar-refractivity contribution is 5.29. The lowest BCUT2D eigenvalue weighted by molar-refractivity contribution is 0.565. The normalized spacial score (nSPS) is 12.4. The molecule has 2 aromatic rings. The predicted molar refractivity (Wildman–Crippen MR) is 57.6 cm³/mol. The van der Waals surface area contributed by atoms with Gasteiger partial charge in [-0.1, -0.05) is 0 Å². The van der Waals surface area contributed by atoms with Crippen LogP contribution in [0.15, 0.2) is 36.9 Å². The average Bonchev–Trinajstić information content (AvgIpc) is 2.30. The van der Waals surface area contributed by atoms with Crippen molar-refractivity contribution in [3.05, 3.63) is 59.7 Å². The number of nitrogens with two attached hydrogens (primary N) is 1. The predicted octanol–water partition coefficient (Wildman–Crippen LogP) is 1.31. The number of halogens is 2. The summed E-state index contributed by atoms with van der Waals surface area (Å²) in [5, 5.41) is 0. The number of nitrogens with one attached hydrogen (secondary N) is 1. The maximum atomic E-state index is 13.1. The van der Waals surface area contributed by atoms with Gasteiger partial charge >= 0.3 is 0 Å². The van der Waals surface area contributed by atoms with Crippen molar-refractivity contribution in [3.63, 3.8) is 0 Å². The Bertz CT molecular complexity index is 484. The molecule has 1 aromatic heterocycles. The Morgan fingerprint density at radius 2 is 1.59 bits per heavy atom. The van der Waals surface area contributed by atoms with Crippen molar-refractivity contribution >= 4 is 0 Å². The molecule has 1 heterocycles. The van der Waals surface area contributed by atoms with Gasteiger partial charge in [0.1, 0.15) is 18.0 Å². The summed E-state index contributed by atoms with van der Waals surface area (Å²) in [6.45, 7) is 0. The average molecular weight is 236 g/mol. The molecular formula is C11H10F2N4. The third-order valence-corrected chi connectivity index (χ3v) is 2.30. The summed E-state index contributed by atoms with van der Waals surface area (Å²) >= 11 is 0. The zero-order chi connectivity index (χ0) is 12.3. The van der Waals surface area contributed by atoms with Gasteiger partial charge in [-0.2, -0.15) is 0 Å². The fraction of sp³-hybridized carbons (Fsp3) is 0.0909. The highest BCUT2D eigenvalue weighted by Crippen LogP contribution is 2.21. The van der Waals surface area contributed by atoms with E-state index < -0.39 is 17.7 Å². The molecule has 0 saturated heterocycles. The Morgan fingerprint density at radius 3 is 2.12 bits per heavy atom. The molecule has 0 saturated carbocycles. The third kappa shape index (κ3) is 2.61. The lowest BCUT2D eigenvalue weighted by Crippen LogP contribution is -2.29. The second-order valence-corrected chi connectivity index (χ2v) is 3.47. The monoisotopic (exact) mass is 236 g/mol. The first-order chi connectivity index (χ1) is 8.20. The molecule has 1 unspecified atom stereocenters. The van der Waals surface area contributed by atoms with Crippen LogP contribution in [0.4, 0.5) is 8.78 Å². The van der Waals surface area contributed by atoms with Crippen LogP contribution < -0.4 is 11.3 Å². The van der Waals surface area contributed by atoms with Crippen molar-refractivity contribution in [2.75, 3.05) is 0 Å². The summed E-state index contributed by atoms with van der Waals surface area (Å²) in [5.74, 6) is 4.08. The minimum Gasteiger partial charge on any atom is -0.271 e.